The molecule has 1 fully saturated rings. The Hall–Kier alpha value is -3.84. The van der Waals surface area contributed by atoms with E-state index in [1.54, 1.807) is 18.2 Å². The number of amides is 3. The molecule has 7 nitrogen and oxygen atoms in total. The second-order valence-electron chi connectivity index (χ2n) is 6.89. The lowest BCUT2D eigenvalue weighted by Crippen LogP contribution is -2.35. The smallest absolute Gasteiger partial charge is 0.329 e. The largest absolute Gasteiger partial charge is 0.488 e. The van der Waals surface area contributed by atoms with Gasteiger partial charge in [-0.1, -0.05) is 54.1 Å². The molecule has 1 aliphatic rings. The maximum Gasteiger partial charge on any atom is 0.329 e. The van der Waals surface area contributed by atoms with Crippen molar-refractivity contribution in [2.45, 2.75) is 6.61 Å². The van der Waals surface area contributed by atoms with E-state index >= 15 is 0 Å². The van der Waals surface area contributed by atoms with Crippen molar-refractivity contribution in [2.75, 3.05) is 6.54 Å². The van der Waals surface area contributed by atoms with Crippen LogP contribution in [0, 0.1) is 0 Å². The molecule has 2 N–H and O–H groups in total. The minimum atomic E-state index is -1.28. The van der Waals surface area contributed by atoms with E-state index in [0.29, 0.717) is 21.2 Å². The van der Waals surface area contributed by atoms with E-state index < -0.39 is 24.5 Å². The minimum absolute atomic E-state index is 0.0149. The number of carboxylic acids is 1. The SMILES string of the molecule is O=C(O)CN1C(=O)N/C(=C/c2c(OCc3ccc(Cl)cc3)ccc3ccccc23)C1=O. The molecule has 31 heavy (non-hydrogen) atoms. The van der Waals surface area contributed by atoms with Crippen LogP contribution in [0.3, 0.4) is 0 Å². The summed E-state index contributed by atoms with van der Waals surface area (Å²) in [6, 6.07) is 17.7. The van der Waals surface area contributed by atoms with Gasteiger partial charge < -0.3 is 15.2 Å². The first-order chi connectivity index (χ1) is 14.9. The van der Waals surface area contributed by atoms with Crippen LogP contribution in [-0.2, 0) is 16.2 Å². The zero-order valence-electron chi connectivity index (χ0n) is 16.2. The van der Waals surface area contributed by atoms with Gasteiger partial charge in [0.25, 0.3) is 5.91 Å². The second kappa shape index (κ2) is 8.49. The van der Waals surface area contributed by atoms with E-state index in [0.717, 1.165) is 16.3 Å². The van der Waals surface area contributed by atoms with Crippen LogP contribution >= 0.6 is 11.6 Å². The Morgan fingerprint density at radius 1 is 1.06 bits per heavy atom. The molecule has 156 valence electrons. The summed E-state index contributed by atoms with van der Waals surface area (Å²) in [5, 5.41) is 13.8. The number of ether oxygens (including phenoxy) is 1. The summed E-state index contributed by atoms with van der Waals surface area (Å²) in [4.78, 5) is 36.2. The number of urea groups is 1. The number of nitrogens with one attached hydrogen (secondary N) is 1. The van der Waals surface area contributed by atoms with Crippen LogP contribution in [-0.4, -0.2) is 34.5 Å². The van der Waals surface area contributed by atoms with Gasteiger partial charge in [0.2, 0.25) is 0 Å². The molecule has 0 atom stereocenters. The maximum atomic E-state index is 12.6. The second-order valence-corrected chi connectivity index (χ2v) is 7.32. The number of nitrogens with zero attached hydrogens (tertiary/aromatic N) is 1. The maximum absolute atomic E-state index is 12.6. The molecule has 0 saturated carbocycles. The third kappa shape index (κ3) is 4.36. The standard InChI is InChI=1S/C23H17ClN2O5/c24-16-8-5-14(6-9-16)13-31-20-10-7-15-3-1-2-4-17(15)18(20)11-19-22(29)26(12-21(27)28)23(30)25-19/h1-11H,12-13H2,(H,25,30)(H,27,28)/b19-11+. The summed E-state index contributed by atoms with van der Waals surface area (Å²) >= 11 is 5.93. The van der Waals surface area contributed by atoms with Crippen LogP contribution in [0.4, 0.5) is 4.79 Å². The van der Waals surface area contributed by atoms with Gasteiger partial charge in [-0.3, -0.25) is 9.59 Å². The van der Waals surface area contributed by atoms with Crippen molar-refractivity contribution < 1.29 is 24.2 Å². The number of fused-ring (bicyclic) bond motifs is 1. The van der Waals surface area contributed by atoms with Gasteiger partial charge >= 0.3 is 12.0 Å². The average Bonchev–Trinajstić information content (AvgIpc) is 3.01. The fraction of sp³-hybridized carbons (Fsp3) is 0.0870. The lowest BCUT2D eigenvalue weighted by molar-refractivity contribution is -0.140. The molecule has 3 aromatic rings. The van der Waals surface area contributed by atoms with E-state index in [4.69, 9.17) is 21.4 Å². The molecule has 0 bridgehead atoms. The van der Waals surface area contributed by atoms with Gasteiger partial charge in [-0.15, -0.1) is 0 Å². The highest BCUT2D eigenvalue weighted by molar-refractivity contribution is 6.30. The number of carbonyl (C=O) groups is 3. The average molecular weight is 437 g/mol. The first-order valence-electron chi connectivity index (χ1n) is 9.38. The van der Waals surface area contributed by atoms with Gasteiger partial charge in [0.05, 0.1) is 0 Å². The number of hydrogen-bond donors (Lipinski definition) is 2. The van der Waals surface area contributed by atoms with Crippen molar-refractivity contribution in [3.63, 3.8) is 0 Å². The summed E-state index contributed by atoms with van der Waals surface area (Å²) in [5.74, 6) is -1.47. The molecule has 3 amide bonds. The highest BCUT2D eigenvalue weighted by Gasteiger charge is 2.35. The van der Waals surface area contributed by atoms with Gasteiger partial charge in [-0.05, 0) is 40.6 Å². The van der Waals surface area contributed by atoms with Crippen LogP contribution in [0.2, 0.25) is 5.02 Å². The third-order valence-electron chi connectivity index (χ3n) is 4.78. The van der Waals surface area contributed by atoms with Crippen molar-refractivity contribution in [1.82, 2.24) is 10.2 Å². The number of halogens is 1. The lowest BCUT2D eigenvalue weighted by Gasteiger charge is -2.13. The molecule has 0 aliphatic carbocycles. The van der Waals surface area contributed by atoms with Crippen molar-refractivity contribution in [3.05, 3.63) is 82.5 Å². The van der Waals surface area contributed by atoms with Gasteiger partial charge in [-0.2, -0.15) is 0 Å². The normalized spacial score (nSPS) is 14.9. The Kier molecular flexibility index (Phi) is 5.60. The monoisotopic (exact) mass is 436 g/mol. The third-order valence-corrected chi connectivity index (χ3v) is 5.03. The highest BCUT2D eigenvalue weighted by atomic mass is 35.5. The summed E-state index contributed by atoms with van der Waals surface area (Å²) in [7, 11) is 0. The first-order valence-corrected chi connectivity index (χ1v) is 9.75. The number of carbonyl (C=O) groups excluding carboxylic acids is 2. The molecule has 4 rings (SSSR count). The Morgan fingerprint density at radius 3 is 2.55 bits per heavy atom. The van der Waals surface area contributed by atoms with Crippen LogP contribution in [0.25, 0.3) is 16.8 Å². The van der Waals surface area contributed by atoms with Gasteiger partial charge in [0.1, 0.15) is 24.6 Å². The number of benzene rings is 3. The quantitative estimate of drug-likeness (QED) is 0.449. The summed E-state index contributed by atoms with van der Waals surface area (Å²) in [6.07, 6.45) is 1.52. The Morgan fingerprint density at radius 2 is 1.81 bits per heavy atom. The zero-order chi connectivity index (χ0) is 22.0. The molecular formula is C23H17ClN2O5. The van der Waals surface area contributed by atoms with Gasteiger partial charge in [0.15, 0.2) is 0 Å². The molecule has 8 heteroatoms. The molecular weight excluding hydrogens is 420 g/mol. The molecule has 0 radical (unpaired) electrons. The van der Waals surface area contributed by atoms with E-state index in [1.807, 2.05) is 42.5 Å². The molecule has 0 spiro atoms. The van der Waals surface area contributed by atoms with E-state index in [1.165, 1.54) is 6.08 Å². The predicted molar refractivity (Wildman–Crippen MR) is 116 cm³/mol. The predicted octanol–water partition coefficient (Wildman–Crippen LogP) is 4.05. The topological polar surface area (TPSA) is 95.9 Å². The van der Waals surface area contributed by atoms with E-state index in [-0.39, 0.29) is 12.3 Å². The van der Waals surface area contributed by atoms with Crippen LogP contribution in [0.15, 0.2) is 66.4 Å². The minimum Gasteiger partial charge on any atom is -0.488 e. The van der Waals surface area contributed by atoms with E-state index in [9.17, 15) is 14.4 Å². The fourth-order valence-corrected chi connectivity index (χ4v) is 3.41. The highest BCUT2D eigenvalue weighted by Crippen LogP contribution is 2.31. The number of hydrogen-bond acceptors (Lipinski definition) is 4. The zero-order valence-corrected chi connectivity index (χ0v) is 16.9. The van der Waals surface area contributed by atoms with Crippen LogP contribution in [0.5, 0.6) is 5.75 Å². The molecule has 0 unspecified atom stereocenters. The molecule has 0 aromatic heterocycles. The van der Waals surface area contributed by atoms with Crippen molar-refractivity contribution in [3.8, 4) is 5.75 Å². The summed E-state index contributed by atoms with van der Waals surface area (Å²) < 4.78 is 6.02. The van der Waals surface area contributed by atoms with Crippen molar-refractivity contribution in [2.24, 2.45) is 0 Å². The Bertz CT molecular complexity index is 1220. The number of imide groups is 1. The van der Waals surface area contributed by atoms with Gasteiger partial charge in [0, 0.05) is 10.6 Å². The van der Waals surface area contributed by atoms with Crippen LogP contribution in [0.1, 0.15) is 11.1 Å². The molecule has 1 aliphatic heterocycles. The Balaban J connectivity index is 1.71. The molecule has 3 aromatic carbocycles. The molecule has 1 heterocycles. The number of carboxylic acid groups (broad SMARTS) is 1. The lowest BCUT2D eigenvalue weighted by atomic mass is 10.0. The van der Waals surface area contributed by atoms with Crippen molar-refractivity contribution >= 4 is 46.4 Å². The molecule has 1 saturated heterocycles. The van der Waals surface area contributed by atoms with Crippen LogP contribution < -0.4 is 10.1 Å². The summed E-state index contributed by atoms with van der Waals surface area (Å²) in [5.41, 5.74) is 1.50. The Labute approximate surface area is 182 Å². The van der Waals surface area contributed by atoms with Crippen molar-refractivity contribution in [1.29, 1.82) is 0 Å². The number of rotatable bonds is 6. The van der Waals surface area contributed by atoms with Gasteiger partial charge in [-0.25, -0.2) is 9.69 Å². The number of aliphatic carboxylic acids is 1. The fourth-order valence-electron chi connectivity index (χ4n) is 3.29. The first kappa shape index (κ1) is 20.4. The summed E-state index contributed by atoms with van der Waals surface area (Å²) in [6.45, 7) is -0.436. The van der Waals surface area contributed by atoms with E-state index in [2.05, 4.69) is 5.32 Å².